The number of methoxy groups -OCH3 is 2. The quantitative estimate of drug-likeness (QED) is 0.812. The molecule has 22 heavy (non-hydrogen) atoms. The molecular weight excluding hydrogens is 308 g/mol. The van der Waals surface area contributed by atoms with Crippen LogP contribution in [0, 0.1) is 0 Å². The van der Waals surface area contributed by atoms with Gasteiger partial charge in [0.25, 0.3) is 0 Å². The molecule has 1 aromatic carbocycles. The average molecular weight is 328 g/mol. The normalized spacial score (nSPS) is 19.7. The van der Waals surface area contributed by atoms with Crippen molar-refractivity contribution in [3.63, 3.8) is 0 Å². The molecule has 1 heterocycles. The van der Waals surface area contributed by atoms with Crippen LogP contribution in [0.2, 0.25) is 0 Å². The first-order valence-corrected chi connectivity index (χ1v) is 8.36. The van der Waals surface area contributed by atoms with E-state index in [9.17, 15) is 13.2 Å². The Kier molecular flexibility index (Phi) is 5.05. The highest BCUT2D eigenvalue weighted by Crippen LogP contribution is 2.29. The zero-order chi connectivity index (χ0) is 16.3. The van der Waals surface area contributed by atoms with Crippen LogP contribution < -0.4 is 10.5 Å². The first-order valence-electron chi connectivity index (χ1n) is 6.92. The maximum Gasteiger partial charge on any atom is 0.337 e. The summed E-state index contributed by atoms with van der Waals surface area (Å²) in [7, 11) is -1.09. The minimum atomic E-state index is -3.71. The van der Waals surface area contributed by atoms with Gasteiger partial charge in [-0.05, 0) is 31.0 Å². The summed E-state index contributed by atoms with van der Waals surface area (Å²) in [4.78, 5) is 11.6. The molecule has 7 nitrogen and oxygen atoms in total. The van der Waals surface area contributed by atoms with Crippen molar-refractivity contribution in [3.8, 4) is 5.75 Å². The van der Waals surface area contributed by atoms with Gasteiger partial charge in [0.1, 0.15) is 10.6 Å². The van der Waals surface area contributed by atoms with Gasteiger partial charge in [-0.3, -0.25) is 0 Å². The third-order valence-electron chi connectivity index (χ3n) is 3.62. The highest BCUT2D eigenvalue weighted by atomic mass is 32.2. The molecule has 1 aliphatic heterocycles. The Morgan fingerprint density at radius 2 is 2.09 bits per heavy atom. The molecule has 0 saturated carbocycles. The molecule has 1 aromatic rings. The Labute approximate surface area is 130 Å². The van der Waals surface area contributed by atoms with E-state index in [-0.39, 0.29) is 28.8 Å². The molecule has 1 fully saturated rings. The summed E-state index contributed by atoms with van der Waals surface area (Å²) in [5.74, 6) is -0.440. The summed E-state index contributed by atoms with van der Waals surface area (Å²) >= 11 is 0. The van der Waals surface area contributed by atoms with Crippen LogP contribution in [-0.2, 0) is 14.8 Å². The topological polar surface area (TPSA) is 98.9 Å². The average Bonchev–Trinajstić information content (AvgIpc) is 2.53. The lowest BCUT2D eigenvalue weighted by Gasteiger charge is -2.30. The van der Waals surface area contributed by atoms with Crippen molar-refractivity contribution in [1.82, 2.24) is 4.31 Å². The molecule has 1 aliphatic rings. The van der Waals surface area contributed by atoms with E-state index in [1.807, 2.05) is 0 Å². The Balaban J connectivity index is 2.40. The number of benzene rings is 1. The maximum atomic E-state index is 12.7. The molecule has 2 rings (SSSR count). The van der Waals surface area contributed by atoms with Crippen LogP contribution in [0.1, 0.15) is 23.2 Å². The Bertz CT molecular complexity index is 659. The Hall–Kier alpha value is -1.64. The van der Waals surface area contributed by atoms with Crippen LogP contribution in [-0.4, -0.2) is 52.0 Å². The van der Waals surface area contributed by atoms with E-state index in [2.05, 4.69) is 4.74 Å². The first kappa shape index (κ1) is 16.7. The van der Waals surface area contributed by atoms with E-state index in [1.165, 1.54) is 36.7 Å². The second kappa shape index (κ2) is 6.64. The first-order chi connectivity index (χ1) is 10.4. The van der Waals surface area contributed by atoms with E-state index < -0.39 is 16.0 Å². The SMILES string of the molecule is COC(=O)c1ccc(S(=O)(=O)N2CCCC(N)C2)c(OC)c1. The van der Waals surface area contributed by atoms with Crippen molar-refractivity contribution in [2.45, 2.75) is 23.8 Å². The van der Waals surface area contributed by atoms with Crippen LogP contribution in [0.3, 0.4) is 0 Å². The molecule has 0 bridgehead atoms. The molecule has 2 N–H and O–H groups in total. The van der Waals surface area contributed by atoms with E-state index in [0.717, 1.165) is 12.8 Å². The fourth-order valence-corrected chi connectivity index (χ4v) is 4.13. The Morgan fingerprint density at radius 1 is 1.36 bits per heavy atom. The molecule has 1 saturated heterocycles. The van der Waals surface area contributed by atoms with Crippen LogP contribution in [0.4, 0.5) is 0 Å². The smallest absolute Gasteiger partial charge is 0.337 e. The number of carbonyl (C=O) groups excluding carboxylic acids is 1. The largest absolute Gasteiger partial charge is 0.495 e. The third kappa shape index (κ3) is 3.23. The van der Waals surface area contributed by atoms with Crippen LogP contribution in [0.5, 0.6) is 5.75 Å². The monoisotopic (exact) mass is 328 g/mol. The van der Waals surface area contributed by atoms with Crippen LogP contribution in [0.15, 0.2) is 23.1 Å². The number of ether oxygens (including phenoxy) is 2. The summed E-state index contributed by atoms with van der Waals surface area (Å²) < 4.78 is 36.6. The number of esters is 1. The molecule has 1 atom stereocenters. The van der Waals surface area contributed by atoms with Gasteiger partial charge in [0.15, 0.2) is 0 Å². The lowest BCUT2D eigenvalue weighted by Crippen LogP contribution is -2.45. The lowest BCUT2D eigenvalue weighted by atomic mass is 10.1. The van der Waals surface area contributed by atoms with Gasteiger partial charge in [-0.15, -0.1) is 0 Å². The summed E-state index contributed by atoms with van der Waals surface area (Å²) in [6.45, 7) is 0.710. The summed E-state index contributed by atoms with van der Waals surface area (Å²) in [6, 6.07) is 3.97. The van der Waals surface area contributed by atoms with Crippen LogP contribution >= 0.6 is 0 Å². The standard InChI is InChI=1S/C14H20N2O5S/c1-20-12-8-10(14(17)21-2)5-6-13(12)22(18,19)16-7-3-4-11(15)9-16/h5-6,8,11H,3-4,7,9,15H2,1-2H3. The molecular formula is C14H20N2O5S. The van der Waals surface area contributed by atoms with Gasteiger partial charge >= 0.3 is 5.97 Å². The number of rotatable bonds is 4. The molecule has 0 aliphatic carbocycles. The number of hydrogen-bond donors (Lipinski definition) is 1. The van der Waals surface area contributed by atoms with E-state index in [1.54, 1.807) is 0 Å². The lowest BCUT2D eigenvalue weighted by molar-refractivity contribution is 0.0600. The second-order valence-electron chi connectivity index (χ2n) is 5.12. The van der Waals surface area contributed by atoms with Crippen molar-refractivity contribution in [2.75, 3.05) is 27.3 Å². The predicted molar refractivity (Wildman–Crippen MR) is 80.3 cm³/mol. The molecule has 8 heteroatoms. The number of hydrogen-bond acceptors (Lipinski definition) is 6. The molecule has 0 spiro atoms. The van der Waals surface area contributed by atoms with Gasteiger partial charge in [-0.2, -0.15) is 4.31 Å². The number of carbonyl (C=O) groups is 1. The third-order valence-corrected chi connectivity index (χ3v) is 5.53. The Morgan fingerprint density at radius 3 is 2.68 bits per heavy atom. The molecule has 1 unspecified atom stereocenters. The fourth-order valence-electron chi connectivity index (χ4n) is 2.46. The zero-order valence-corrected chi connectivity index (χ0v) is 13.4. The van der Waals surface area contributed by atoms with Crippen molar-refractivity contribution < 1.29 is 22.7 Å². The number of sulfonamides is 1. The minimum absolute atomic E-state index is 0.0248. The fraction of sp³-hybridized carbons (Fsp3) is 0.500. The highest BCUT2D eigenvalue weighted by molar-refractivity contribution is 7.89. The van der Waals surface area contributed by atoms with Crippen molar-refractivity contribution >= 4 is 16.0 Å². The van der Waals surface area contributed by atoms with Gasteiger partial charge < -0.3 is 15.2 Å². The second-order valence-corrected chi connectivity index (χ2v) is 7.03. The molecule has 0 aromatic heterocycles. The molecule has 0 radical (unpaired) electrons. The van der Waals surface area contributed by atoms with Gasteiger partial charge in [0.2, 0.25) is 10.0 Å². The van der Waals surface area contributed by atoms with Crippen molar-refractivity contribution in [3.05, 3.63) is 23.8 Å². The maximum absolute atomic E-state index is 12.7. The number of piperidine rings is 1. The molecule has 122 valence electrons. The van der Waals surface area contributed by atoms with Gasteiger partial charge in [0, 0.05) is 19.1 Å². The summed E-state index contributed by atoms with van der Waals surface area (Å²) in [6.07, 6.45) is 1.54. The summed E-state index contributed by atoms with van der Waals surface area (Å²) in [5.41, 5.74) is 6.08. The van der Waals surface area contributed by atoms with Crippen LogP contribution in [0.25, 0.3) is 0 Å². The number of nitrogens with two attached hydrogens (primary N) is 1. The summed E-state index contributed by atoms with van der Waals surface area (Å²) in [5, 5.41) is 0. The van der Waals surface area contributed by atoms with E-state index >= 15 is 0 Å². The van der Waals surface area contributed by atoms with Crippen molar-refractivity contribution in [1.29, 1.82) is 0 Å². The number of nitrogens with zero attached hydrogens (tertiary/aromatic N) is 1. The van der Waals surface area contributed by atoms with E-state index in [0.29, 0.717) is 6.54 Å². The van der Waals surface area contributed by atoms with Crippen molar-refractivity contribution in [2.24, 2.45) is 5.73 Å². The van der Waals surface area contributed by atoms with E-state index in [4.69, 9.17) is 10.5 Å². The minimum Gasteiger partial charge on any atom is -0.495 e. The zero-order valence-electron chi connectivity index (χ0n) is 12.6. The van der Waals surface area contributed by atoms with Gasteiger partial charge in [0.05, 0.1) is 19.8 Å². The van der Waals surface area contributed by atoms with Gasteiger partial charge in [-0.1, -0.05) is 0 Å². The highest BCUT2D eigenvalue weighted by Gasteiger charge is 2.31. The predicted octanol–water partition coefficient (Wildman–Crippen LogP) is 0.594. The van der Waals surface area contributed by atoms with Gasteiger partial charge in [-0.25, -0.2) is 13.2 Å². The molecule has 0 amide bonds.